The van der Waals surface area contributed by atoms with Crippen LogP contribution in [0.1, 0.15) is 114 Å². The molecule has 0 bridgehead atoms. The van der Waals surface area contributed by atoms with E-state index in [1.54, 1.807) is 26.4 Å². The molecule has 7 heteroatoms. The van der Waals surface area contributed by atoms with Gasteiger partial charge in [0, 0.05) is 65.4 Å². The first-order chi connectivity index (χ1) is 25.0. The molecule has 0 radical (unpaired) electrons. The van der Waals surface area contributed by atoms with Crippen LogP contribution in [-0.2, 0) is 26.4 Å². The number of benzene rings is 2. The number of hydrogen-bond acceptors (Lipinski definition) is 7. The van der Waals surface area contributed by atoms with Gasteiger partial charge in [-0.1, -0.05) is 55.4 Å². The summed E-state index contributed by atoms with van der Waals surface area (Å²) in [5.41, 5.74) is 10.4. The zero-order valence-electron chi connectivity index (χ0n) is 33.3. The third kappa shape index (κ3) is 6.13. The Kier molecular flexibility index (Phi) is 8.88. The fourth-order valence-electron chi connectivity index (χ4n) is 9.18. The lowest BCUT2D eigenvalue weighted by Gasteiger charge is -2.48. The Morgan fingerprint density at radius 2 is 1.00 bits per heavy atom. The number of methoxy groups -OCH3 is 2. The topological polar surface area (TPSA) is 81.7 Å². The number of hydrogen-bond donors (Lipinski definition) is 0. The molecule has 0 atom stereocenters. The zero-order chi connectivity index (χ0) is 38.1. The van der Waals surface area contributed by atoms with Gasteiger partial charge >= 0.3 is 0 Å². The average Bonchev–Trinajstić information content (AvgIpc) is 3.11. The van der Waals surface area contributed by atoms with Gasteiger partial charge in [-0.05, 0) is 107 Å². The Hall–Kier alpha value is -4.88. The standard InChI is InChI=1S/C46H54N4O3/c1-43(2)15-19-49-21-17-45(5,6)37-39(49)35(43)25-29(41(37)51-9)11-13-33-23-31(32(27-47)28-48)24-34(53-33)14-12-30-26-36-40-38(42(30)52-10)46(7,8)18-22-50(40)20-16-44(36,3)4/h11-14,23-26H,15-22H2,1-10H3. The van der Waals surface area contributed by atoms with Crippen LogP contribution in [0.2, 0.25) is 0 Å². The van der Waals surface area contributed by atoms with Gasteiger partial charge in [0.1, 0.15) is 40.7 Å². The van der Waals surface area contributed by atoms with Crippen LogP contribution in [0.25, 0.3) is 12.2 Å². The maximum atomic E-state index is 9.89. The number of nitriles is 2. The molecule has 0 aliphatic carbocycles. The van der Waals surface area contributed by atoms with Gasteiger partial charge in [-0.2, -0.15) is 10.5 Å². The molecule has 5 heterocycles. The summed E-state index contributed by atoms with van der Waals surface area (Å²) in [6.07, 6.45) is 15.8. The molecule has 276 valence electrons. The van der Waals surface area contributed by atoms with Crippen molar-refractivity contribution in [3.63, 3.8) is 0 Å². The van der Waals surface area contributed by atoms with Crippen LogP contribution in [0.5, 0.6) is 11.5 Å². The fraction of sp³-hybridized carbons (Fsp3) is 0.478. The van der Waals surface area contributed by atoms with Crippen LogP contribution in [-0.4, -0.2) is 40.4 Å². The lowest BCUT2D eigenvalue weighted by atomic mass is 9.68. The molecule has 53 heavy (non-hydrogen) atoms. The molecule has 0 N–H and O–H groups in total. The minimum atomic E-state index is -0.0478. The molecule has 7 rings (SSSR count). The van der Waals surface area contributed by atoms with Gasteiger partial charge in [-0.3, -0.25) is 0 Å². The van der Waals surface area contributed by atoms with Crippen molar-refractivity contribution >= 4 is 23.5 Å². The van der Waals surface area contributed by atoms with Gasteiger partial charge in [0.25, 0.3) is 0 Å². The second kappa shape index (κ2) is 12.9. The maximum Gasteiger partial charge on any atom is 0.137 e. The summed E-state index contributed by atoms with van der Waals surface area (Å²) in [7, 11) is 3.52. The Labute approximate surface area is 316 Å². The normalized spacial score (nSPS) is 21.5. The zero-order valence-corrected chi connectivity index (χ0v) is 33.3. The van der Waals surface area contributed by atoms with Crippen molar-refractivity contribution in [2.45, 2.75) is 103 Å². The Balaban J connectivity index is 1.30. The molecular formula is C46H54N4O3. The second-order valence-corrected chi connectivity index (χ2v) is 18.0. The summed E-state index contributed by atoms with van der Waals surface area (Å²) >= 11 is 0. The number of allylic oxidation sites excluding steroid dienone is 6. The summed E-state index contributed by atoms with van der Waals surface area (Å²) in [5, 5.41) is 19.8. The van der Waals surface area contributed by atoms with Crippen molar-refractivity contribution in [3.05, 3.63) is 92.5 Å². The number of rotatable bonds is 6. The number of nitrogens with zero attached hydrogens (tertiary/aromatic N) is 4. The highest BCUT2D eigenvalue weighted by atomic mass is 16.5. The molecule has 0 saturated carbocycles. The van der Waals surface area contributed by atoms with E-state index >= 15 is 0 Å². The third-order valence-corrected chi connectivity index (χ3v) is 12.6. The monoisotopic (exact) mass is 710 g/mol. The molecule has 0 spiro atoms. The van der Waals surface area contributed by atoms with Gasteiger partial charge in [0.2, 0.25) is 0 Å². The minimum absolute atomic E-state index is 0.0213. The van der Waals surface area contributed by atoms with Crippen LogP contribution >= 0.6 is 0 Å². The highest BCUT2D eigenvalue weighted by Crippen LogP contribution is 2.55. The van der Waals surface area contributed by atoms with E-state index in [1.807, 2.05) is 12.2 Å². The van der Waals surface area contributed by atoms with Gasteiger partial charge in [-0.15, -0.1) is 0 Å². The molecule has 7 nitrogen and oxygen atoms in total. The lowest BCUT2D eigenvalue weighted by molar-refractivity contribution is 0.332. The van der Waals surface area contributed by atoms with E-state index in [2.05, 4.69) is 102 Å². The van der Waals surface area contributed by atoms with Gasteiger partial charge < -0.3 is 24.0 Å². The molecule has 0 unspecified atom stereocenters. The number of anilines is 2. The lowest BCUT2D eigenvalue weighted by Crippen LogP contribution is -2.45. The van der Waals surface area contributed by atoms with E-state index in [0.29, 0.717) is 17.1 Å². The van der Waals surface area contributed by atoms with Crippen molar-refractivity contribution < 1.29 is 14.2 Å². The smallest absolute Gasteiger partial charge is 0.137 e. The van der Waals surface area contributed by atoms with Crippen LogP contribution < -0.4 is 19.3 Å². The molecule has 5 aliphatic heterocycles. The minimum Gasteiger partial charge on any atom is -0.496 e. The van der Waals surface area contributed by atoms with Crippen LogP contribution in [0.4, 0.5) is 11.4 Å². The van der Waals surface area contributed by atoms with Crippen molar-refractivity contribution in [3.8, 4) is 23.6 Å². The summed E-state index contributed by atoms with van der Waals surface area (Å²) in [6, 6.07) is 8.73. The predicted molar refractivity (Wildman–Crippen MR) is 215 cm³/mol. The van der Waals surface area contributed by atoms with Crippen molar-refractivity contribution in [2.75, 3.05) is 50.2 Å². The Morgan fingerprint density at radius 1 is 0.623 bits per heavy atom. The molecule has 5 aliphatic rings. The van der Waals surface area contributed by atoms with E-state index in [4.69, 9.17) is 14.2 Å². The van der Waals surface area contributed by atoms with Crippen molar-refractivity contribution in [1.82, 2.24) is 0 Å². The van der Waals surface area contributed by atoms with Crippen molar-refractivity contribution in [2.24, 2.45) is 0 Å². The summed E-state index contributed by atoms with van der Waals surface area (Å²) < 4.78 is 18.9. The summed E-state index contributed by atoms with van der Waals surface area (Å²) in [4.78, 5) is 5.08. The van der Waals surface area contributed by atoms with Crippen LogP contribution in [0.15, 0.2) is 59.1 Å². The van der Waals surface area contributed by atoms with Crippen LogP contribution in [0.3, 0.4) is 0 Å². The predicted octanol–water partition coefficient (Wildman–Crippen LogP) is 9.91. The molecular weight excluding hydrogens is 657 g/mol. The van der Waals surface area contributed by atoms with E-state index in [1.165, 1.54) is 33.6 Å². The fourth-order valence-corrected chi connectivity index (χ4v) is 9.18. The number of ether oxygens (including phenoxy) is 3. The van der Waals surface area contributed by atoms with E-state index in [0.717, 1.165) is 74.5 Å². The first-order valence-corrected chi connectivity index (χ1v) is 19.1. The average molecular weight is 711 g/mol. The Bertz CT molecular complexity index is 1970. The largest absolute Gasteiger partial charge is 0.496 e. The first-order valence-electron chi connectivity index (χ1n) is 19.1. The van der Waals surface area contributed by atoms with Gasteiger partial charge in [0.05, 0.1) is 14.2 Å². The molecule has 0 amide bonds. The highest BCUT2D eigenvalue weighted by Gasteiger charge is 2.44. The quantitative estimate of drug-likeness (QED) is 0.276. The van der Waals surface area contributed by atoms with Crippen LogP contribution in [0, 0.1) is 22.7 Å². The summed E-state index contributed by atoms with van der Waals surface area (Å²) in [6.45, 7) is 22.8. The van der Waals surface area contributed by atoms with E-state index in [-0.39, 0.29) is 27.2 Å². The van der Waals surface area contributed by atoms with Gasteiger partial charge in [-0.25, -0.2) is 0 Å². The second-order valence-electron chi connectivity index (χ2n) is 18.0. The van der Waals surface area contributed by atoms with E-state index < -0.39 is 0 Å². The third-order valence-electron chi connectivity index (χ3n) is 12.6. The maximum absolute atomic E-state index is 9.89. The van der Waals surface area contributed by atoms with E-state index in [9.17, 15) is 10.5 Å². The van der Waals surface area contributed by atoms with Gasteiger partial charge in [0.15, 0.2) is 0 Å². The summed E-state index contributed by atoms with van der Waals surface area (Å²) in [5.74, 6) is 2.84. The molecule has 2 aromatic carbocycles. The molecule has 0 saturated heterocycles. The molecule has 0 fully saturated rings. The Morgan fingerprint density at radius 3 is 1.36 bits per heavy atom. The SMILES string of the molecule is COc1c(C=CC2=CC(=C(C#N)C#N)C=C(C=Cc3cc4c5c(c3OC)C(C)(C)CCN5CCC4(C)C)O2)cc2c3c1C(C)(C)CCN3CCC2(C)C. The first kappa shape index (κ1) is 36.5. The molecule has 0 aromatic heterocycles. The molecule has 2 aromatic rings. The highest BCUT2D eigenvalue weighted by molar-refractivity contribution is 5.79. The van der Waals surface area contributed by atoms with Crippen molar-refractivity contribution in [1.29, 1.82) is 10.5 Å².